The molecule has 90 valence electrons. The van der Waals surface area contributed by atoms with Crippen LogP contribution in [0.15, 0.2) is 34.4 Å². The second-order valence-corrected chi connectivity index (χ2v) is 5.84. The lowest BCUT2D eigenvalue weighted by molar-refractivity contribution is 0.554. The summed E-state index contributed by atoms with van der Waals surface area (Å²) < 4.78 is 1.08. The fraction of sp³-hybridized carbons (Fsp3) is 0.250. The third kappa shape index (κ3) is 3.35. The van der Waals surface area contributed by atoms with E-state index in [4.69, 9.17) is 5.84 Å². The summed E-state index contributed by atoms with van der Waals surface area (Å²) in [7, 11) is 0. The first-order valence-corrected chi connectivity index (χ1v) is 6.97. The van der Waals surface area contributed by atoms with Gasteiger partial charge in [0.2, 0.25) is 0 Å². The van der Waals surface area contributed by atoms with Crippen LogP contribution in [0.3, 0.4) is 0 Å². The molecule has 1 aromatic carbocycles. The minimum Gasteiger partial charge on any atom is -0.271 e. The van der Waals surface area contributed by atoms with E-state index >= 15 is 0 Å². The minimum absolute atomic E-state index is 0.117. The van der Waals surface area contributed by atoms with Crippen LogP contribution in [0.1, 0.15) is 22.0 Å². The Morgan fingerprint density at radius 2 is 2.29 bits per heavy atom. The van der Waals surface area contributed by atoms with E-state index in [0.29, 0.717) is 0 Å². The molecule has 17 heavy (non-hydrogen) atoms. The normalized spacial score (nSPS) is 12.6. The minimum atomic E-state index is 0.117. The molecule has 1 heterocycles. The number of nitrogens with two attached hydrogens (primary N) is 1. The van der Waals surface area contributed by atoms with Crippen LogP contribution in [-0.2, 0) is 6.42 Å². The quantitative estimate of drug-likeness (QED) is 0.674. The number of hydrogen-bond acceptors (Lipinski definition) is 4. The summed E-state index contributed by atoms with van der Waals surface area (Å²) in [6, 6.07) is 6.45. The first-order chi connectivity index (χ1) is 8.19. The molecule has 0 spiro atoms. The Kier molecular flexibility index (Phi) is 4.28. The van der Waals surface area contributed by atoms with E-state index in [1.807, 2.05) is 11.7 Å². The van der Waals surface area contributed by atoms with Gasteiger partial charge in [-0.05, 0) is 30.2 Å². The topological polar surface area (TPSA) is 50.9 Å². The number of halogens is 1. The molecule has 2 rings (SSSR count). The number of rotatable bonds is 4. The molecule has 0 amide bonds. The standard InChI is InChI=1S/C12H14BrN3S/c1-8-2-9(4-10(13)3-8)12(16-14)5-11-6-15-7-17-11/h2-4,6-7,12,16H,5,14H2,1H3. The Morgan fingerprint density at radius 3 is 2.88 bits per heavy atom. The Labute approximate surface area is 113 Å². The van der Waals surface area contributed by atoms with Crippen molar-refractivity contribution >= 4 is 27.3 Å². The summed E-state index contributed by atoms with van der Waals surface area (Å²) in [6.45, 7) is 2.08. The average Bonchev–Trinajstić information content (AvgIpc) is 2.77. The summed E-state index contributed by atoms with van der Waals surface area (Å²) >= 11 is 5.16. The summed E-state index contributed by atoms with van der Waals surface area (Å²) in [4.78, 5) is 5.31. The molecular formula is C12H14BrN3S. The van der Waals surface area contributed by atoms with E-state index in [-0.39, 0.29) is 6.04 Å². The number of nitrogens with zero attached hydrogens (tertiary/aromatic N) is 1. The van der Waals surface area contributed by atoms with Crippen molar-refractivity contribution in [1.82, 2.24) is 10.4 Å². The molecule has 1 aromatic heterocycles. The molecule has 0 radical (unpaired) electrons. The van der Waals surface area contributed by atoms with Crippen LogP contribution in [0.25, 0.3) is 0 Å². The van der Waals surface area contributed by atoms with E-state index < -0.39 is 0 Å². The molecule has 0 bridgehead atoms. The van der Waals surface area contributed by atoms with Gasteiger partial charge in [-0.3, -0.25) is 16.3 Å². The smallest absolute Gasteiger partial charge is 0.0794 e. The van der Waals surface area contributed by atoms with Gasteiger partial charge < -0.3 is 0 Å². The zero-order chi connectivity index (χ0) is 12.3. The molecule has 3 nitrogen and oxygen atoms in total. The number of thiazole rings is 1. The fourth-order valence-electron chi connectivity index (χ4n) is 1.78. The van der Waals surface area contributed by atoms with Crippen molar-refractivity contribution < 1.29 is 0 Å². The largest absolute Gasteiger partial charge is 0.271 e. The first kappa shape index (κ1) is 12.7. The molecule has 0 aliphatic rings. The lowest BCUT2D eigenvalue weighted by Crippen LogP contribution is -2.29. The van der Waals surface area contributed by atoms with Gasteiger partial charge in [0.15, 0.2) is 0 Å². The van der Waals surface area contributed by atoms with Crippen LogP contribution in [0.4, 0.5) is 0 Å². The molecule has 0 fully saturated rings. The van der Waals surface area contributed by atoms with Gasteiger partial charge >= 0.3 is 0 Å². The van der Waals surface area contributed by atoms with E-state index in [1.54, 1.807) is 11.3 Å². The summed E-state index contributed by atoms with van der Waals surface area (Å²) in [5.74, 6) is 5.64. The fourth-order valence-corrected chi connectivity index (χ4v) is 3.05. The average molecular weight is 312 g/mol. The van der Waals surface area contributed by atoms with Crippen LogP contribution in [0, 0.1) is 6.92 Å². The molecule has 0 saturated carbocycles. The molecule has 1 unspecified atom stereocenters. The lowest BCUT2D eigenvalue weighted by atomic mass is 10.0. The predicted molar refractivity (Wildman–Crippen MR) is 74.8 cm³/mol. The molecule has 0 aliphatic heterocycles. The van der Waals surface area contributed by atoms with Crippen molar-refractivity contribution in [2.24, 2.45) is 5.84 Å². The highest BCUT2D eigenvalue weighted by Gasteiger charge is 2.12. The summed E-state index contributed by atoms with van der Waals surface area (Å²) in [6.07, 6.45) is 2.75. The highest BCUT2D eigenvalue weighted by atomic mass is 79.9. The van der Waals surface area contributed by atoms with Gasteiger partial charge in [-0.2, -0.15) is 0 Å². The van der Waals surface area contributed by atoms with Crippen LogP contribution in [-0.4, -0.2) is 4.98 Å². The maximum absolute atomic E-state index is 5.64. The zero-order valence-corrected chi connectivity index (χ0v) is 11.9. The van der Waals surface area contributed by atoms with Gasteiger partial charge in [-0.25, -0.2) is 0 Å². The van der Waals surface area contributed by atoms with Crippen molar-refractivity contribution in [3.05, 3.63) is 50.4 Å². The van der Waals surface area contributed by atoms with Gasteiger partial charge in [0.25, 0.3) is 0 Å². The summed E-state index contributed by atoms with van der Waals surface area (Å²) in [5, 5.41) is 0. The molecule has 1 atom stereocenters. The number of hydrogen-bond donors (Lipinski definition) is 2. The lowest BCUT2D eigenvalue weighted by Gasteiger charge is -2.16. The number of hydrazine groups is 1. The number of benzene rings is 1. The monoisotopic (exact) mass is 311 g/mol. The maximum atomic E-state index is 5.64. The molecular weight excluding hydrogens is 298 g/mol. The molecule has 0 saturated heterocycles. The van der Waals surface area contributed by atoms with Crippen LogP contribution in [0.5, 0.6) is 0 Å². The second kappa shape index (κ2) is 5.73. The SMILES string of the molecule is Cc1cc(Br)cc(C(Cc2cncs2)NN)c1. The Balaban J connectivity index is 2.22. The first-order valence-electron chi connectivity index (χ1n) is 5.29. The van der Waals surface area contributed by atoms with E-state index in [9.17, 15) is 0 Å². The maximum Gasteiger partial charge on any atom is 0.0794 e. The van der Waals surface area contributed by atoms with Crippen LogP contribution in [0.2, 0.25) is 0 Å². The second-order valence-electron chi connectivity index (χ2n) is 3.95. The highest BCUT2D eigenvalue weighted by molar-refractivity contribution is 9.10. The van der Waals surface area contributed by atoms with E-state index in [2.05, 4.69) is 51.5 Å². The Hall–Kier alpha value is -0.750. The predicted octanol–water partition coefficient (Wildman–Crippen LogP) is 2.96. The molecule has 5 heteroatoms. The van der Waals surface area contributed by atoms with Gasteiger partial charge in [0.1, 0.15) is 0 Å². The van der Waals surface area contributed by atoms with Crippen molar-refractivity contribution in [2.45, 2.75) is 19.4 Å². The third-order valence-corrected chi connectivity index (χ3v) is 3.82. The van der Waals surface area contributed by atoms with Crippen LogP contribution < -0.4 is 11.3 Å². The van der Waals surface area contributed by atoms with E-state index in [0.717, 1.165) is 10.9 Å². The van der Waals surface area contributed by atoms with Crippen molar-refractivity contribution in [1.29, 1.82) is 0 Å². The molecule has 0 aliphatic carbocycles. The van der Waals surface area contributed by atoms with Crippen LogP contribution >= 0.6 is 27.3 Å². The van der Waals surface area contributed by atoms with Gasteiger partial charge in [0, 0.05) is 22.0 Å². The number of aromatic nitrogens is 1. The van der Waals surface area contributed by atoms with Gasteiger partial charge in [-0.15, -0.1) is 11.3 Å². The van der Waals surface area contributed by atoms with Crippen molar-refractivity contribution in [3.63, 3.8) is 0 Å². The molecule has 3 N–H and O–H groups in total. The molecule has 2 aromatic rings. The summed E-state index contributed by atoms with van der Waals surface area (Å²) in [5.41, 5.74) is 7.12. The van der Waals surface area contributed by atoms with Gasteiger partial charge in [-0.1, -0.05) is 22.0 Å². The Bertz CT molecular complexity index is 464. The third-order valence-electron chi connectivity index (χ3n) is 2.56. The van der Waals surface area contributed by atoms with Gasteiger partial charge in [0.05, 0.1) is 11.6 Å². The van der Waals surface area contributed by atoms with E-state index in [1.165, 1.54) is 16.0 Å². The Morgan fingerprint density at radius 1 is 1.47 bits per heavy atom. The highest BCUT2D eigenvalue weighted by Crippen LogP contribution is 2.24. The number of aryl methyl sites for hydroxylation is 1. The van der Waals surface area contributed by atoms with Crippen molar-refractivity contribution in [2.75, 3.05) is 0 Å². The zero-order valence-electron chi connectivity index (χ0n) is 9.48. The number of nitrogens with one attached hydrogen (secondary N) is 1. The van der Waals surface area contributed by atoms with Crippen molar-refractivity contribution in [3.8, 4) is 0 Å².